The number of halogens is 7. The predicted molar refractivity (Wildman–Crippen MR) is 103 cm³/mol. The molecule has 170 valence electrons. The van der Waals surface area contributed by atoms with Crippen molar-refractivity contribution >= 4 is 16.7 Å². The number of esters is 1. The van der Waals surface area contributed by atoms with Crippen molar-refractivity contribution in [3.8, 4) is 5.75 Å². The highest BCUT2D eigenvalue weighted by molar-refractivity contribution is 5.93. The lowest BCUT2D eigenvalue weighted by Gasteiger charge is -2.12. The van der Waals surface area contributed by atoms with Crippen molar-refractivity contribution in [3.63, 3.8) is 0 Å². The van der Waals surface area contributed by atoms with Crippen LogP contribution in [-0.4, -0.2) is 5.97 Å². The number of carbonyl (C=O) groups is 1. The summed E-state index contributed by atoms with van der Waals surface area (Å²) >= 11 is 0. The van der Waals surface area contributed by atoms with Crippen LogP contribution in [0.25, 0.3) is 10.8 Å². The fourth-order valence-corrected chi connectivity index (χ4v) is 3.33. The van der Waals surface area contributed by atoms with E-state index in [0.29, 0.717) is 18.1 Å². The lowest BCUT2D eigenvalue weighted by molar-refractivity contribution is -0.142. The summed E-state index contributed by atoms with van der Waals surface area (Å²) in [6.45, 7) is 1.98. The molecule has 3 rings (SSSR count). The number of unbranched alkanes of at least 4 members (excludes halogenated alkanes) is 2. The van der Waals surface area contributed by atoms with E-state index < -0.39 is 51.9 Å². The maximum Gasteiger partial charge on any atom is 0.422 e. The van der Waals surface area contributed by atoms with Gasteiger partial charge in [-0.3, -0.25) is 0 Å². The minimum absolute atomic E-state index is 0.328. The Bertz CT molecular complexity index is 1150. The molecule has 0 bridgehead atoms. The molecule has 0 saturated heterocycles. The second kappa shape index (κ2) is 9.18. The molecule has 2 nitrogen and oxygen atoms in total. The monoisotopic (exact) mass is 458 g/mol. The third-order valence-electron chi connectivity index (χ3n) is 4.87. The van der Waals surface area contributed by atoms with Gasteiger partial charge in [-0.25, -0.2) is 22.4 Å². The first kappa shape index (κ1) is 23.6. The molecule has 0 radical (unpaired) electrons. The van der Waals surface area contributed by atoms with Crippen molar-refractivity contribution in [1.29, 1.82) is 0 Å². The van der Waals surface area contributed by atoms with Crippen molar-refractivity contribution in [2.75, 3.05) is 0 Å². The van der Waals surface area contributed by atoms with Crippen LogP contribution in [0.15, 0.2) is 36.4 Å². The number of hydrogen-bond acceptors (Lipinski definition) is 2. The molecule has 0 amide bonds. The molecule has 0 unspecified atom stereocenters. The van der Waals surface area contributed by atoms with Crippen LogP contribution in [0, 0.1) is 23.3 Å². The highest BCUT2D eigenvalue weighted by Crippen LogP contribution is 2.37. The van der Waals surface area contributed by atoms with Gasteiger partial charge < -0.3 is 4.74 Å². The molecule has 3 aromatic rings. The van der Waals surface area contributed by atoms with E-state index in [0.717, 1.165) is 49.6 Å². The molecule has 0 atom stereocenters. The van der Waals surface area contributed by atoms with Gasteiger partial charge in [-0.1, -0.05) is 19.8 Å². The van der Waals surface area contributed by atoms with E-state index >= 15 is 0 Å². The van der Waals surface area contributed by atoms with Crippen molar-refractivity contribution in [2.24, 2.45) is 0 Å². The topological polar surface area (TPSA) is 26.3 Å². The van der Waals surface area contributed by atoms with Gasteiger partial charge in [0.1, 0.15) is 40.1 Å². The average Bonchev–Trinajstić information content (AvgIpc) is 2.66. The van der Waals surface area contributed by atoms with Gasteiger partial charge in [0.2, 0.25) is 0 Å². The Kier molecular flexibility index (Phi) is 6.76. The second-order valence-electron chi connectivity index (χ2n) is 7.21. The molecule has 9 heteroatoms. The van der Waals surface area contributed by atoms with Gasteiger partial charge in [-0.2, -0.15) is 13.2 Å². The van der Waals surface area contributed by atoms with E-state index in [2.05, 4.69) is 0 Å². The minimum Gasteiger partial charge on any atom is -0.423 e. The Labute approximate surface area is 178 Å². The molecule has 0 fully saturated rings. The highest BCUT2D eigenvalue weighted by Gasteiger charge is 2.38. The quantitative estimate of drug-likeness (QED) is 0.167. The fourth-order valence-electron chi connectivity index (χ4n) is 3.33. The lowest BCUT2D eigenvalue weighted by atomic mass is 10.0. The summed E-state index contributed by atoms with van der Waals surface area (Å²) in [4.78, 5) is 12.3. The van der Waals surface area contributed by atoms with Crippen molar-refractivity contribution in [1.82, 2.24) is 0 Å². The summed E-state index contributed by atoms with van der Waals surface area (Å²) in [5.74, 6) is -7.68. The standard InChI is InChI=1S/C23H17F7O2/c1-2-3-4-5-12-8-16(24)19(17(25)9-12)22(31)32-14-6-7-15-13(10-14)11-18(26)20(21(15)27)23(28,29)30/h6-11H,2-5H2,1H3. The van der Waals surface area contributed by atoms with Crippen molar-refractivity contribution in [3.05, 3.63) is 76.4 Å². The predicted octanol–water partition coefficient (Wildman–Crippen LogP) is 7.37. The van der Waals surface area contributed by atoms with Crippen molar-refractivity contribution in [2.45, 2.75) is 38.8 Å². The number of rotatable bonds is 6. The van der Waals surface area contributed by atoms with Gasteiger partial charge >= 0.3 is 12.1 Å². The van der Waals surface area contributed by atoms with Crippen molar-refractivity contribution < 1.29 is 40.3 Å². The summed E-state index contributed by atoms with van der Waals surface area (Å²) in [6.07, 6.45) is -2.30. The summed E-state index contributed by atoms with van der Waals surface area (Å²) in [7, 11) is 0. The third-order valence-corrected chi connectivity index (χ3v) is 4.87. The summed E-state index contributed by atoms with van der Waals surface area (Å²) < 4.78 is 100. The first-order valence-electron chi connectivity index (χ1n) is 9.72. The zero-order chi connectivity index (χ0) is 23.6. The first-order valence-corrected chi connectivity index (χ1v) is 9.72. The van der Waals surface area contributed by atoms with E-state index in [1.54, 1.807) is 0 Å². The molecule has 32 heavy (non-hydrogen) atoms. The van der Waals surface area contributed by atoms with Crippen LogP contribution >= 0.6 is 0 Å². The van der Waals surface area contributed by atoms with Crippen LogP contribution in [0.3, 0.4) is 0 Å². The number of ether oxygens (including phenoxy) is 1. The third kappa shape index (κ3) is 4.87. The molecule has 0 N–H and O–H groups in total. The molecule has 0 aromatic heterocycles. The lowest BCUT2D eigenvalue weighted by Crippen LogP contribution is -2.14. The smallest absolute Gasteiger partial charge is 0.422 e. The number of alkyl halides is 3. The maximum absolute atomic E-state index is 14.3. The number of benzene rings is 3. The molecule has 3 aromatic carbocycles. The minimum atomic E-state index is -5.24. The fraction of sp³-hybridized carbons (Fsp3) is 0.261. The van der Waals surface area contributed by atoms with E-state index in [1.165, 1.54) is 0 Å². The number of aryl methyl sites for hydroxylation is 1. The zero-order valence-corrected chi connectivity index (χ0v) is 16.8. The summed E-state index contributed by atoms with van der Waals surface area (Å²) in [6, 6.07) is 5.18. The Balaban J connectivity index is 1.89. The van der Waals surface area contributed by atoms with Gasteiger partial charge in [0.05, 0.1) is 0 Å². The van der Waals surface area contributed by atoms with Gasteiger partial charge in [0.25, 0.3) is 0 Å². The second-order valence-corrected chi connectivity index (χ2v) is 7.21. The SMILES string of the molecule is CCCCCc1cc(F)c(C(=O)Oc2ccc3c(F)c(C(F)(F)F)c(F)cc3c2)c(F)c1. The van der Waals surface area contributed by atoms with Crippen LogP contribution < -0.4 is 4.74 Å². The largest absolute Gasteiger partial charge is 0.423 e. The number of carbonyl (C=O) groups excluding carboxylic acids is 1. The van der Waals surface area contributed by atoms with Crippen LogP contribution in [0.1, 0.15) is 47.7 Å². The molecular formula is C23H17F7O2. The first-order chi connectivity index (χ1) is 15.0. The van der Waals surface area contributed by atoms with Crippen LogP contribution in [0.2, 0.25) is 0 Å². The van der Waals surface area contributed by atoms with Gasteiger partial charge in [0.15, 0.2) is 0 Å². The Morgan fingerprint density at radius 2 is 1.56 bits per heavy atom. The van der Waals surface area contributed by atoms with Crippen LogP contribution in [-0.2, 0) is 12.6 Å². The van der Waals surface area contributed by atoms with Crippen LogP contribution in [0.4, 0.5) is 30.7 Å². The average molecular weight is 458 g/mol. The Morgan fingerprint density at radius 1 is 0.906 bits per heavy atom. The Hall–Kier alpha value is -3.10. The number of hydrogen-bond donors (Lipinski definition) is 0. The molecule has 0 saturated carbocycles. The normalized spacial score (nSPS) is 11.8. The van der Waals surface area contributed by atoms with E-state index in [-0.39, 0.29) is 11.1 Å². The van der Waals surface area contributed by atoms with E-state index in [9.17, 15) is 35.5 Å². The zero-order valence-electron chi connectivity index (χ0n) is 16.8. The summed E-state index contributed by atoms with van der Waals surface area (Å²) in [5.41, 5.74) is -2.62. The molecule has 0 aliphatic heterocycles. The molecular weight excluding hydrogens is 441 g/mol. The van der Waals surface area contributed by atoms with Gasteiger partial charge in [-0.05, 0) is 60.2 Å². The number of fused-ring (bicyclic) bond motifs is 1. The molecule has 0 heterocycles. The van der Waals surface area contributed by atoms with E-state index in [1.807, 2.05) is 6.92 Å². The molecule has 0 aliphatic carbocycles. The van der Waals surface area contributed by atoms with Crippen LogP contribution in [0.5, 0.6) is 5.75 Å². The molecule has 0 spiro atoms. The highest BCUT2D eigenvalue weighted by atomic mass is 19.4. The Morgan fingerprint density at radius 3 is 2.16 bits per heavy atom. The summed E-state index contributed by atoms with van der Waals surface area (Å²) in [5, 5.41) is -0.891. The molecule has 0 aliphatic rings. The van der Waals surface area contributed by atoms with E-state index in [4.69, 9.17) is 4.74 Å². The van der Waals surface area contributed by atoms with Gasteiger partial charge in [-0.15, -0.1) is 0 Å². The van der Waals surface area contributed by atoms with Gasteiger partial charge in [0, 0.05) is 5.39 Å². The maximum atomic E-state index is 14.3.